The van der Waals surface area contributed by atoms with Gasteiger partial charge in [0.1, 0.15) is 5.75 Å². The molecule has 0 aliphatic carbocycles. The standard InChI is InChI=1S/C16H22N4O/c1-10-8-12(16(3,4)5)6-7-13(10)21-14-9-11(2)18-15(19-14)20-17/h6-9H,17H2,1-5H3,(H,18,19,20). The van der Waals surface area contributed by atoms with Crippen LogP contribution in [0.1, 0.15) is 37.6 Å². The molecule has 2 aromatic rings. The monoisotopic (exact) mass is 286 g/mol. The number of nitrogens with zero attached hydrogens (tertiary/aromatic N) is 2. The van der Waals surface area contributed by atoms with E-state index in [1.165, 1.54) is 5.56 Å². The van der Waals surface area contributed by atoms with Gasteiger partial charge in [-0.2, -0.15) is 4.98 Å². The normalized spacial score (nSPS) is 11.3. The first-order valence-electron chi connectivity index (χ1n) is 6.91. The third-order valence-corrected chi connectivity index (χ3v) is 3.22. The third-order valence-electron chi connectivity index (χ3n) is 3.22. The Morgan fingerprint density at radius 1 is 1.10 bits per heavy atom. The van der Waals surface area contributed by atoms with Crippen molar-refractivity contribution in [2.24, 2.45) is 5.84 Å². The molecular weight excluding hydrogens is 264 g/mol. The average Bonchev–Trinajstić information content (AvgIpc) is 2.39. The largest absolute Gasteiger partial charge is 0.439 e. The van der Waals surface area contributed by atoms with Gasteiger partial charge >= 0.3 is 0 Å². The maximum absolute atomic E-state index is 5.85. The van der Waals surface area contributed by atoms with Crippen molar-refractivity contribution < 1.29 is 4.74 Å². The van der Waals surface area contributed by atoms with Gasteiger partial charge in [0.25, 0.3) is 0 Å². The maximum Gasteiger partial charge on any atom is 0.240 e. The molecule has 1 aromatic heterocycles. The van der Waals surface area contributed by atoms with Crippen LogP contribution in [0.2, 0.25) is 0 Å². The maximum atomic E-state index is 5.85. The molecule has 0 radical (unpaired) electrons. The molecule has 112 valence electrons. The van der Waals surface area contributed by atoms with Gasteiger partial charge in [0.05, 0.1) is 0 Å². The summed E-state index contributed by atoms with van der Waals surface area (Å²) in [6.07, 6.45) is 0. The molecule has 0 atom stereocenters. The van der Waals surface area contributed by atoms with E-state index in [2.05, 4.69) is 48.3 Å². The number of hydrogen-bond donors (Lipinski definition) is 2. The van der Waals surface area contributed by atoms with Gasteiger partial charge in [-0.25, -0.2) is 10.8 Å². The fourth-order valence-corrected chi connectivity index (χ4v) is 2.00. The van der Waals surface area contributed by atoms with E-state index in [0.717, 1.165) is 17.0 Å². The van der Waals surface area contributed by atoms with Crippen molar-refractivity contribution in [3.8, 4) is 11.6 Å². The highest BCUT2D eigenvalue weighted by Crippen LogP contribution is 2.30. The second-order valence-electron chi connectivity index (χ2n) is 6.15. The summed E-state index contributed by atoms with van der Waals surface area (Å²) in [7, 11) is 0. The zero-order valence-electron chi connectivity index (χ0n) is 13.2. The first-order valence-corrected chi connectivity index (χ1v) is 6.91. The number of nitrogens with two attached hydrogens (primary N) is 1. The van der Waals surface area contributed by atoms with Crippen LogP contribution in [0.5, 0.6) is 11.6 Å². The quantitative estimate of drug-likeness (QED) is 0.667. The molecule has 1 heterocycles. The lowest BCUT2D eigenvalue weighted by atomic mass is 9.86. The van der Waals surface area contributed by atoms with Crippen LogP contribution in [0.15, 0.2) is 24.3 Å². The lowest BCUT2D eigenvalue weighted by molar-refractivity contribution is 0.457. The summed E-state index contributed by atoms with van der Waals surface area (Å²) in [6.45, 7) is 10.5. The Morgan fingerprint density at radius 3 is 2.38 bits per heavy atom. The molecule has 0 spiro atoms. The smallest absolute Gasteiger partial charge is 0.240 e. The highest BCUT2D eigenvalue weighted by atomic mass is 16.5. The molecular formula is C16H22N4O. The van der Waals surface area contributed by atoms with E-state index in [0.29, 0.717) is 11.8 Å². The van der Waals surface area contributed by atoms with Crippen molar-refractivity contribution >= 4 is 5.95 Å². The Morgan fingerprint density at radius 2 is 1.81 bits per heavy atom. The summed E-state index contributed by atoms with van der Waals surface area (Å²) < 4.78 is 5.85. The molecule has 2 rings (SSSR count). The fraction of sp³-hybridized carbons (Fsp3) is 0.375. The minimum absolute atomic E-state index is 0.117. The molecule has 1 aromatic carbocycles. The molecule has 0 saturated heterocycles. The van der Waals surface area contributed by atoms with Gasteiger partial charge in [-0.15, -0.1) is 0 Å². The number of benzene rings is 1. The van der Waals surface area contributed by atoms with Crippen LogP contribution in [0.25, 0.3) is 0 Å². The third kappa shape index (κ3) is 3.70. The molecule has 5 heteroatoms. The number of hydrogen-bond acceptors (Lipinski definition) is 5. The predicted molar refractivity (Wildman–Crippen MR) is 84.5 cm³/mol. The van der Waals surface area contributed by atoms with Gasteiger partial charge in [-0.05, 0) is 36.5 Å². The number of hydrazine groups is 1. The van der Waals surface area contributed by atoms with Crippen LogP contribution < -0.4 is 16.0 Å². The van der Waals surface area contributed by atoms with Crippen LogP contribution in [0.4, 0.5) is 5.95 Å². The Labute approximate surface area is 125 Å². The number of rotatable bonds is 3. The molecule has 0 saturated carbocycles. The number of nitrogens with one attached hydrogen (secondary N) is 1. The Bertz CT molecular complexity index is 647. The first-order chi connectivity index (χ1) is 9.79. The van der Waals surface area contributed by atoms with Crippen LogP contribution >= 0.6 is 0 Å². The van der Waals surface area contributed by atoms with Crippen molar-refractivity contribution in [2.75, 3.05) is 5.43 Å². The van der Waals surface area contributed by atoms with Gasteiger partial charge in [0, 0.05) is 11.8 Å². The van der Waals surface area contributed by atoms with Crippen LogP contribution in [0.3, 0.4) is 0 Å². The minimum atomic E-state index is 0.117. The summed E-state index contributed by atoms with van der Waals surface area (Å²) in [4.78, 5) is 8.33. The van der Waals surface area contributed by atoms with Crippen molar-refractivity contribution in [3.05, 3.63) is 41.1 Å². The fourth-order valence-electron chi connectivity index (χ4n) is 2.00. The highest BCUT2D eigenvalue weighted by molar-refractivity contribution is 5.41. The minimum Gasteiger partial charge on any atom is -0.439 e. The lowest BCUT2D eigenvalue weighted by Gasteiger charge is -2.20. The predicted octanol–water partition coefficient (Wildman–Crippen LogP) is 3.47. The number of aromatic nitrogens is 2. The Balaban J connectivity index is 2.30. The van der Waals surface area contributed by atoms with E-state index < -0.39 is 0 Å². The number of anilines is 1. The SMILES string of the molecule is Cc1cc(Oc2ccc(C(C)(C)C)cc2C)nc(NN)n1. The molecule has 0 aliphatic rings. The Hall–Kier alpha value is -2.14. The topological polar surface area (TPSA) is 73.1 Å². The van der Waals surface area contributed by atoms with E-state index in [-0.39, 0.29) is 5.41 Å². The van der Waals surface area contributed by atoms with Gasteiger partial charge in [0.15, 0.2) is 0 Å². The zero-order valence-corrected chi connectivity index (χ0v) is 13.2. The molecule has 21 heavy (non-hydrogen) atoms. The van der Waals surface area contributed by atoms with Gasteiger partial charge in [0.2, 0.25) is 11.8 Å². The molecule has 0 bridgehead atoms. The van der Waals surface area contributed by atoms with Crippen molar-refractivity contribution in [2.45, 2.75) is 40.0 Å². The second kappa shape index (κ2) is 5.69. The number of aryl methyl sites for hydroxylation is 2. The van der Waals surface area contributed by atoms with Gasteiger partial charge < -0.3 is 4.74 Å². The van der Waals surface area contributed by atoms with Crippen LogP contribution in [-0.4, -0.2) is 9.97 Å². The van der Waals surface area contributed by atoms with Crippen molar-refractivity contribution in [1.82, 2.24) is 9.97 Å². The van der Waals surface area contributed by atoms with E-state index in [9.17, 15) is 0 Å². The Kier molecular flexibility index (Phi) is 4.14. The van der Waals surface area contributed by atoms with E-state index in [1.54, 1.807) is 6.07 Å². The van der Waals surface area contributed by atoms with Gasteiger partial charge in [-0.1, -0.05) is 32.9 Å². The number of nitrogen functional groups attached to an aromatic ring is 1. The van der Waals surface area contributed by atoms with Crippen LogP contribution in [-0.2, 0) is 5.41 Å². The van der Waals surface area contributed by atoms with Crippen LogP contribution in [0, 0.1) is 13.8 Å². The molecule has 0 unspecified atom stereocenters. The molecule has 0 fully saturated rings. The summed E-state index contributed by atoms with van der Waals surface area (Å²) in [5, 5.41) is 0. The molecule has 3 N–H and O–H groups in total. The lowest BCUT2D eigenvalue weighted by Crippen LogP contribution is -2.12. The van der Waals surface area contributed by atoms with Crippen molar-refractivity contribution in [1.29, 1.82) is 0 Å². The van der Waals surface area contributed by atoms with E-state index in [4.69, 9.17) is 10.6 Å². The summed E-state index contributed by atoms with van der Waals surface area (Å²) in [5.41, 5.74) is 5.68. The number of ether oxygens (including phenoxy) is 1. The summed E-state index contributed by atoms with van der Waals surface area (Å²) in [5.74, 6) is 6.95. The highest BCUT2D eigenvalue weighted by Gasteiger charge is 2.15. The van der Waals surface area contributed by atoms with E-state index >= 15 is 0 Å². The second-order valence-corrected chi connectivity index (χ2v) is 6.15. The summed E-state index contributed by atoms with van der Waals surface area (Å²) >= 11 is 0. The molecule has 0 aliphatic heterocycles. The first kappa shape index (κ1) is 15.3. The molecule has 5 nitrogen and oxygen atoms in total. The zero-order chi connectivity index (χ0) is 15.6. The van der Waals surface area contributed by atoms with Gasteiger partial charge in [-0.3, -0.25) is 5.43 Å². The summed E-state index contributed by atoms with van der Waals surface area (Å²) in [6, 6.07) is 7.98. The average molecular weight is 286 g/mol. The van der Waals surface area contributed by atoms with E-state index in [1.807, 2.05) is 19.9 Å². The van der Waals surface area contributed by atoms with Crippen molar-refractivity contribution in [3.63, 3.8) is 0 Å². The molecule has 0 amide bonds.